The van der Waals surface area contributed by atoms with Crippen molar-refractivity contribution in [3.8, 4) is 0 Å². The molecule has 1 atom stereocenters. The van der Waals surface area contributed by atoms with Gasteiger partial charge in [0.15, 0.2) is 0 Å². The van der Waals surface area contributed by atoms with E-state index in [-0.39, 0.29) is 24.9 Å². The number of carbonyl (C=O) groups excluding carboxylic acids is 2. The van der Waals surface area contributed by atoms with Gasteiger partial charge in [-0.3, -0.25) is 13.9 Å². The van der Waals surface area contributed by atoms with Gasteiger partial charge >= 0.3 is 0 Å². The van der Waals surface area contributed by atoms with Gasteiger partial charge in [0.2, 0.25) is 21.8 Å². The van der Waals surface area contributed by atoms with Gasteiger partial charge < -0.3 is 10.2 Å². The van der Waals surface area contributed by atoms with E-state index < -0.39 is 28.5 Å². The average molecular weight is 617 g/mol. The van der Waals surface area contributed by atoms with Gasteiger partial charge in [-0.05, 0) is 49.1 Å². The summed E-state index contributed by atoms with van der Waals surface area (Å²) in [5.74, 6) is -0.837. The summed E-state index contributed by atoms with van der Waals surface area (Å²) in [6, 6.07) is 20.6. The number of rotatable bonds is 11. The number of nitrogens with zero attached hydrogens (tertiary/aromatic N) is 2. The third-order valence-corrected chi connectivity index (χ3v) is 9.26. The van der Waals surface area contributed by atoms with Crippen LogP contribution in [0.5, 0.6) is 0 Å². The van der Waals surface area contributed by atoms with Gasteiger partial charge in [0, 0.05) is 34.6 Å². The molecule has 0 bridgehead atoms. The smallest absolute Gasteiger partial charge is 0.244 e. The summed E-state index contributed by atoms with van der Waals surface area (Å²) in [5, 5.41) is 3.84. The van der Waals surface area contributed by atoms with Crippen LogP contribution in [-0.4, -0.2) is 50.0 Å². The normalized spacial score (nSPS) is 14.4. The maximum absolute atomic E-state index is 14.2. The third-order valence-electron chi connectivity index (χ3n) is 7.43. The van der Waals surface area contributed by atoms with E-state index >= 15 is 0 Å². The molecule has 4 rings (SSSR count). The van der Waals surface area contributed by atoms with Gasteiger partial charge in [0.1, 0.15) is 12.6 Å². The summed E-state index contributed by atoms with van der Waals surface area (Å²) in [7, 11) is -3.85. The Hall–Kier alpha value is -3.07. The first-order valence-corrected chi connectivity index (χ1v) is 16.2. The molecular formula is C31H35Cl2N3O4S. The quantitative estimate of drug-likeness (QED) is 0.297. The fourth-order valence-electron chi connectivity index (χ4n) is 5.21. The Kier molecular flexibility index (Phi) is 10.3. The van der Waals surface area contributed by atoms with Crippen LogP contribution in [0.4, 0.5) is 5.69 Å². The summed E-state index contributed by atoms with van der Waals surface area (Å²) >= 11 is 13.1. The fraction of sp³-hybridized carbons (Fsp3) is 0.355. The number of amides is 2. The first-order valence-electron chi connectivity index (χ1n) is 13.6. The van der Waals surface area contributed by atoms with Crippen molar-refractivity contribution in [1.29, 1.82) is 0 Å². The van der Waals surface area contributed by atoms with Gasteiger partial charge in [0.05, 0.1) is 11.9 Å². The summed E-state index contributed by atoms with van der Waals surface area (Å²) in [6.07, 6.45) is 5.12. The van der Waals surface area contributed by atoms with Crippen molar-refractivity contribution in [2.45, 2.75) is 57.7 Å². The largest absolute Gasteiger partial charge is 0.352 e. The summed E-state index contributed by atoms with van der Waals surface area (Å²) in [6.45, 7) is 1.22. The van der Waals surface area contributed by atoms with Crippen molar-refractivity contribution in [2.75, 3.05) is 17.1 Å². The average Bonchev–Trinajstić information content (AvgIpc) is 3.44. The number of benzene rings is 3. The van der Waals surface area contributed by atoms with Crippen molar-refractivity contribution in [3.63, 3.8) is 0 Å². The fourth-order valence-corrected chi connectivity index (χ4v) is 6.64. The molecule has 3 aromatic carbocycles. The molecule has 1 fully saturated rings. The zero-order chi connectivity index (χ0) is 29.6. The number of nitrogens with one attached hydrogen (secondary N) is 1. The van der Waals surface area contributed by atoms with Crippen LogP contribution in [0, 0.1) is 6.92 Å². The van der Waals surface area contributed by atoms with Crippen molar-refractivity contribution < 1.29 is 18.0 Å². The number of para-hydroxylation sites is 1. The SMILES string of the molecule is Cc1ccccc1N(CC(=O)N(Cc1c(Cl)cccc1Cl)C(Cc1ccccc1)C(=O)NC1CCCC1)S(C)(=O)=O. The predicted octanol–water partition coefficient (Wildman–Crippen LogP) is 5.77. The highest BCUT2D eigenvalue weighted by Crippen LogP contribution is 2.29. The van der Waals surface area contributed by atoms with E-state index in [0.717, 1.165) is 41.8 Å². The van der Waals surface area contributed by atoms with Gasteiger partial charge in [-0.25, -0.2) is 8.42 Å². The van der Waals surface area contributed by atoms with Crippen LogP contribution in [-0.2, 0) is 32.6 Å². The molecular weight excluding hydrogens is 581 g/mol. The lowest BCUT2D eigenvalue weighted by Gasteiger charge is -2.34. The molecule has 1 unspecified atom stereocenters. The Labute approximate surface area is 252 Å². The molecule has 0 aliphatic heterocycles. The van der Waals surface area contributed by atoms with Crippen LogP contribution < -0.4 is 9.62 Å². The van der Waals surface area contributed by atoms with Crippen molar-refractivity contribution in [1.82, 2.24) is 10.2 Å². The number of hydrogen-bond donors (Lipinski definition) is 1. The molecule has 3 aromatic rings. The van der Waals surface area contributed by atoms with E-state index in [1.165, 1.54) is 4.90 Å². The molecule has 1 aliphatic carbocycles. The van der Waals surface area contributed by atoms with E-state index in [1.807, 2.05) is 30.3 Å². The van der Waals surface area contributed by atoms with Gasteiger partial charge in [-0.15, -0.1) is 0 Å². The molecule has 7 nitrogen and oxygen atoms in total. The molecule has 1 N–H and O–H groups in total. The van der Waals surface area contributed by atoms with Crippen LogP contribution >= 0.6 is 23.2 Å². The second-order valence-electron chi connectivity index (χ2n) is 10.5. The second-order valence-corrected chi connectivity index (χ2v) is 13.2. The number of halogens is 2. The number of hydrogen-bond acceptors (Lipinski definition) is 4. The highest BCUT2D eigenvalue weighted by Gasteiger charge is 2.35. The Morgan fingerprint density at radius 3 is 2.15 bits per heavy atom. The predicted molar refractivity (Wildman–Crippen MR) is 165 cm³/mol. The van der Waals surface area contributed by atoms with Crippen LogP contribution in [0.2, 0.25) is 10.0 Å². The maximum Gasteiger partial charge on any atom is 0.244 e. The number of carbonyl (C=O) groups is 2. The summed E-state index contributed by atoms with van der Waals surface area (Å²) in [4.78, 5) is 29.6. The van der Waals surface area contributed by atoms with Crippen LogP contribution in [0.1, 0.15) is 42.4 Å². The standard InChI is InChI=1S/C31H35Cl2N3O4S/c1-22-11-6-9-18-28(22)36(41(2,39)40)21-30(37)35(20-25-26(32)16-10-17-27(25)33)29(19-23-12-4-3-5-13-23)31(38)34-24-14-7-8-15-24/h3-6,9-13,16-18,24,29H,7-8,14-15,19-21H2,1-2H3,(H,34,38). The Bertz CT molecular complexity index is 1460. The highest BCUT2D eigenvalue weighted by atomic mass is 35.5. The lowest BCUT2D eigenvalue weighted by molar-refractivity contribution is -0.140. The minimum Gasteiger partial charge on any atom is -0.352 e. The molecule has 218 valence electrons. The monoisotopic (exact) mass is 615 g/mol. The molecule has 0 heterocycles. The van der Waals surface area contributed by atoms with Crippen LogP contribution in [0.3, 0.4) is 0 Å². The van der Waals surface area contributed by atoms with Crippen LogP contribution in [0.25, 0.3) is 0 Å². The maximum atomic E-state index is 14.2. The molecule has 0 radical (unpaired) electrons. The van der Waals surface area contributed by atoms with Crippen molar-refractivity contribution in [3.05, 3.63) is 99.5 Å². The minimum absolute atomic E-state index is 0.0288. The molecule has 1 saturated carbocycles. The minimum atomic E-state index is -3.85. The molecule has 0 saturated heterocycles. The van der Waals surface area contributed by atoms with Gasteiger partial charge in [-0.1, -0.05) is 90.6 Å². The lowest BCUT2D eigenvalue weighted by Crippen LogP contribution is -2.54. The van der Waals surface area contributed by atoms with E-state index in [2.05, 4.69) is 5.32 Å². The molecule has 41 heavy (non-hydrogen) atoms. The second kappa shape index (κ2) is 13.7. The van der Waals surface area contributed by atoms with E-state index in [0.29, 0.717) is 26.9 Å². The molecule has 0 spiro atoms. The van der Waals surface area contributed by atoms with E-state index in [9.17, 15) is 18.0 Å². The van der Waals surface area contributed by atoms with E-state index in [4.69, 9.17) is 23.2 Å². The Morgan fingerprint density at radius 2 is 1.54 bits per heavy atom. The Morgan fingerprint density at radius 1 is 0.927 bits per heavy atom. The topological polar surface area (TPSA) is 86.8 Å². The number of sulfonamides is 1. The van der Waals surface area contributed by atoms with Gasteiger partial charge in [0.25, 0.3) is 0 Å². The first kappa shape index (κ1) is 30.9. The molecule has 2 amide bonds. The zero-order valence-electron chi connectivity index (χ0n) is 23.2. The third kappa shape index (κ3) is 8.03. The molecule has 10 heteroatoms. The lowest BCUT2D eigenvalue weighted by atomic mass is 10.0. The van der Waals surface area contributed by atoms with Crippen molar-refractivity contribution in [2.24, 2.45) is 0 Å². The summed E-state index contributed by atoms with van der Waals surface area (Å²) < 4.78 is 27.0. The molecule has 0 aromatic heterocycles. The zero-order valence-corrected chi connectivity index (χ0v) is 25.6. The first-order chi connectivity index (χ1) is 19.5. The van der Waals surface area contributed by atoms with Crippen molar-refractivity contribution >= 4 is 50.7 Å². The van der Waals surface area contributed by atoms with Gasteiger partial charge in [-0.2, -0.15) is 0 Å². The molecule has 1 aliphatic rings. The highest BCUT2D eigenvalue weighted by molar-refractivity contribution is 7.92. The number of aryl methyl sites for hydroxylation is 1. The van der Waals surface area contributed by atoms with E-state index in [1.54, 1.807) is 49.4 Å². The van der Waals surface area contributed by atoms with Crippen LogP contribution in [0.15, 0.2) is 72.8 Å². The Balaban J connectivity index is 1.77. The number of anilines is 1. The summed E-state index contributed by atoms with van der Waals surface area (Å²) in [5.41, 5.74) is 2.44.